The molecule has 2 heterocycles. The minimum absolute atomic E-state index is 0.239. The number of hydrogen-bond donors (Lipinski definition) is 2. The highest BCUT2D eigenvalue weighted by atomic mass is 32.1. The van der Waals surface area contributed by atoms with Gasteiger partial charge in [0, 0.05) is 5.56 Å². The third-order valence-corrected chi connectivity index (χ3v) is 3.24. The lowest BCUT2D eigenvalue weighted by Gasteiger charge is -1.94. The van der Waals surface area contributed by atoms with Crippen LogP contribution in [0.2, 0.25) is 0 Å². The third-order valence-electron chi connectivity index (χ3n) is 2.37. The van der Waals surface area contributed by atoms with Crippen molar-refractivity contribution in [1.29, 1.82) is 0 Å². The van der Waals surface area contributed by atoms with Crippen LogP contribution in [0.1, 0.15) is 0 Å². The van der Waals surface area contributed by atoms with Crippen molar-refractivity contribution in [3.63, 3.8) is 0 Å². The topological polar surface area (TPSA) is 61.8 Å². The number of H-pyrrole nitrogens is 1. The van der Waals surface area contributed by atoms with E-state index in [1.807, 2.05) is 17.5 Å². The van der Waals surface area contributed by atoms with Crippen LogP contribution in [0.5, 0.6) is 5.75 Å². The summed E-state index contributed by atoms with van der Waals surface area (Å²) in [6.45, 7) is 0. The summed E-state index contributed by atoms with van der Waals surface area (Å²) >= 11 is 1.61. The van der Waals surface area contributed by atoms with Gasteiger partial charge in [0.25, 0.3) is 0 Å². The molecular weight excluding hydrogens is 234 g/mol. The number of aromatic amines is 1. The second kappa shape index (κ2) is 4.03. The van der Waals surface area contributed by atoms with E-state index in [1.165, 1.54) is 0 Å². The summed E-state index contributed by atoms with van der Waals surface area (Å²) in [5, 5.41) is 18.3. The Hall–Kier alpha value is -2.14. The van der Waals surface area contributed by atoms with Gasteiger partial charge >= 0.3 is 0 Å². The summed E-state index contributed by atoms with van der Waals surface area (Å²) in [5.41, 5.74) is 0.877. The molecule has 0 atom stereocenters. The summed E-state index contributed by atoms with van der Waals surface area (Å²) in [4.78, 5) is 5.47. The zero-order valence-electron chi connectivity index (χ0n) is 8.79. The highest BCUT2D eigenvalue weighted by molar-refractivity contribution is 7.13. The number of benzene rings is 1. The number of aromatic hydroxyl groups is 1. The molecule has 0 amide bonds. The zero-order chi connectivity index (χ0) is 11.7. The number of nitrogens with zero attached hydrogens (tertiary/aromatic N) is 2. The fraction of sp³-hybridized carbons (Fsp3) is 0. The molecule has 84 valence electrons. The molecule has 0 unspecified atom stereocenters. The Morgan fingerprint density at radius 2 is 1.94 bits per heavy atom. The van der Waals surface area contributed by atoms with Crippen molar-refractivity contribution in [2.45, 2.75) is 0 Å². The Bertz CT molecular complexity index is 614. The lowest BCUT2D eigenvalue weighted by Crippen LogP contribution is -1.79. The van der Waals surface area contributed by atoms with Crippen molar-refractivity contribution < 1.29 is 5.11 Å². The third kappa shape index (κ3) is 1.92. The first kappa shape index (κ1) is 10.0. The van der Waals surface area contributed by atoms with E-state index in [0.29, 0.717) is 5.82 Å². The smallest absolute Gasteiger partial charge is 0.181 e. The minimum Gasteiger partial charge on any atom is -0.508 e. The molecule has 3 aromatic rings. The van der Waals surface area contributed by atoms with E-state index < -0.39 is 0 Å². The van der Waals surface area contributed by atoms with E-state index in [4.69, 9.17) is 0 Å². The number of nitrogens with one attached hydrogen (secondary N) is 1. The monoisotopic (exact) mass is 243 g/mol. The number of phenols is 1. The van der Waals surface area contributed by atoms with Crippen molar-refractivity contribution in [2.24, 2.45) is 0 Å². The molecule has 0 fully saturated rings. The summed E-state index contributed by atoms with van der Waals surface area (Å²) in [7, 11) is 0. The SMILES string of the molecule is Oc1ccc(-c2n[nH]c(-c3cccs3)n2)cc1. The van der Waals surface area contributed by atoms with Crippen molar-refractivity contribution in [3.8, 4) is 27.8 Å². The Labute approximate surface area is 102 Å². The predicted molar refractivity (Wildman–Crippen MR) is 66.8 cm³/mol. The molecule has 3 rings (SSSR count). The van der Waals surface area contributed by atoms with Crippen LogP contribution in [0.3, 0.4) is 0 Å². The van der Waals surface area contributed by atoms with Crippen LogP contribution >= 0.6 is 11.3 Å². The molecule has 5 heteroatoms. The summed E-state index contributed by atoms with van der Waals surface area (Å²) < 4.78 is 0. The van der Waals surface area contributed by atoms with Gasteiger partial charge < -0.3 is 5.11 Å². The minimum atomic E-state index is 0.239. The van der Waals surface area contributed by atoms with E-state index >= 15 is 0 Å². The standard InChI is InChI=1S/C12H9N3OS/c16-9-5-3-8(4-6-9)11-13-12(15-14-11)10-2-1-7-17-10/h1-7,16H,(H,13,14,15). The van der Waals surface area contributed by atoms with E-state index in [9.17, 15) is 5.11 Å². The molecule has 0 aliphatic rings. The number of phenolic OH excluding ortho intramolecular Hbond substituents is 1. The van der Waals surface area contributed by atoms with Gasteiger partial charge in [-0.3, -0.25) is 5.10 Å². The highest BCUT2D eigenvalue weighted by Crippen LogP contribution is 2.24. The Balaban J connectivity index is 1.98. The fourth-order valence-corrected chi connectivity index (χ4v) is 2.19. The van der Waals surface area contributed by atoms with Crippen LogP contribution < -0.4 is 0 Å². The average molecular weight is 243 g/mol. The maximum absolute atomic E-state index is 9.21. The first-order chi connectivity index (χ1) is 8.33. The van der Waals surface area contributed by atoms with Crippen LogP contribution in [0, 0.1) is 0 Å². The summed E-state index contributed by atoms with van der Waals surface area (Å²) in [5.74, 6) is 1.64. The molecule has 2 N–H and O–H groups in total. The second-order valence-electron chi connectivity index (χ2n) is 3.53. The van der Waals surface area contributed by atoms with Crippen LogP contribution in [-0.4, -0.2) is 20.3 Å². The molecule has 17 heavy (non-hydrogen) atoms. The Morgan fingerprint density at radius 1 is 1.12 bits per heavy atom. The molecule has 0 saturated heterocycles. The number of hydrogen-bond acceptors (Lipinski definition) is 4. The van der Waals surface area contributed by atoms with Gasteiger partial charge in [-0.25, -0.2) is 4.98 Å². The van der Waals surface area contributed by atoms with Gasteiger partial charge in [-0.05, 0) is 35.7 Å². The quantitative estimate of drug-likeness (QED) is 0.727. The van der Waals surface area contributed by atoms with E-state index in [-0.39, 0.29) is 5.75 Å². The molecule has 0 bridgehead atoms. The average Bonchev–Trinajstić information content (AvgIpc) is 3.00. The summed E-state index contributed by atoms with van der Waals surface area (Å²) in [6, 6.07) is 10.8. The first-order valence-corrected chi connectivity index (χ1v) is 5.96. The molecule has 0 saturated carbocycles. The molecule has 1 aromatic carbocycles. The van der Waals surface area contributed by atoms with Crippen molar-refractivity contribution >= 4 is 11.3 Å². The molecule has 0 aliphatic heterocycles. The number of aromatic nitrogens is 3. The van der Waals surface area contributed by atoms with Crippen molar-refractivity contribution in [2.75, 3.05) is 0 Å². The van der Waals surface area contributed by atoms with E-state index in [1.54, 1.807) is 35.6 Å². The number of rotatable bonds is 2. The second-order valence-corrected chi connectivity index (χ2v) is 4.48. The van der Waals surface area contributed by atoms with E-state index in [0.717, 1.165) is 16.3 Å². The zero-order valence-corrected chi connectivity index (χ0v) is 9.61. The maximum atomic E-state index is 9.21. The van der Waals surface area contributed by atoms with Crippen LogP contribution in [-0.2, 0) is 0 Å². The van der Waals surface area contributed by atoms with Gasteiger partial charge in [0.15, 0.2) is 11.6 Å². The lowest BCUT2D eigenvalue weighted by atomic mass is 10.2. The van der Waals surface area contributed by atoms with E-state index in [2.05, 4.69) is 15.2 Å². The molecular formula is C12H9N3OS. The van der Waals surface area contributed by atoms with Gasteiger partial charge in [0.05, 0.1) is 4.88 Å². The van der Waals surface area contributed by atoms with Crippen molar-refractivity contribution in [1.82, 2.24) is 15.2 Å². The molecule has 0 aliphatic carbocycles. The molecule has 0 spiro atoms. The first-order valence-electron chi connectivity index (χ1n) is 5.08. The maximum Gasteiger partial charge on any atom is 0.181 e. The largest absolute Gasteiger partial charge is 0.508 e. The van der Waals surface area contributed by atoms with Gasteiger partial charge in [0.1, 0.15) is 5.75 Å². The normalized spacial score (nSPS) is 10.6. The highest BCUT2D eigenvalue weighted by Gasteiger charge is 2.07. The van der Waals surface area contributed by atoms with Crippen molar-refractivity contribution in [3.05, 3.63) is 41.8 Å². The predicted octanol–water partition coefficient (Wildman–Crippen LogP) is 2.91. The van der Waals surface area contributed by atoms with Crippen LogP contribution in [0.15, 0.2) is 41.8 Å². The Kier molecular flexibility index (Phi) is 2.38. The van der Waals surface area contributed by atoms with Gasteiger partial charge in [-0.2, -0.15) is 5.10 Å². The van der Waals surface area contributed by atoms with Gasteiger partial charge in [-0.15, -0.1) is 11.3 Å². The Morgan fingerprint density at radius 3 is 2.65 bits per heavy atom. The van der Waals surface area contributed by atoms with Gasteiger partial charge in [0.2, 0.25) is 0 Å². The molecule has 2 aromatic heterocycles. The number of thiophene rings is 1. The molecule has 4 nitrogen and oxygen atoms in total. The van der Waals surface area contributed by atoms with Gasteiger partial charge in [-0.1, -0.05) is 6.07 Å². The lowest BCUT2D eigenvalue weighted by molar-refractivity contribution is 0.475. The summed E-state index contributed by atoms with van der Waals surface area (Å²) in [6.07, 6.45) is 0. The van der Waals surface area contributed by atoms with Crippen LogP contribution in [0.4, 0.5) is 0 Å². The fourth-order valence-electron chi connectivity index (χ4n) is 1.52. The van der Waals surface area contributed by atoms with Crippen LogP contribution in [0.25, 0.3) is 22.1 Å². The molecule has 0 radical (unpaired) electrons.